The first-order valence-electron chi connectivity index (χ1n) is 4.47. The molecule has 1 nitrogen and oxygen atoms in total. The molecule has 0 atom stereocenters. The number of hydrogen-bond acceptors (Lipinski definition) is 2. The Morgan fingerprint density at radius 2 is 2.20 bits per heavy atom. The minimum absolute atomic E-state index is 0.233. The number of anilines is 1. The van der Waals surface area contributed by atoms with E-state index < -0.39 is 0 Å². The molecule has 15 heavy (non-hydrogen) atoms. The first-order chi connectivity index (χ1) is 7.25. The molecule has 1 aromatic carbocycles. The fourth-order valence-corrected chi connectivity index (χ4v) is 2.36. The molecule has 0 saturated heterocycles. The molecule has 0 unspecified atom stereocenters. The highest BCUT2D eigenvalue weighted by atomic mass is 79.9. The van der Waals surface area contributed by atoms with Crippen LogP contribution in [0.4, 0.5) is 10.1 Å². The second-order valence-corrected chi connectivity index (χ2v) is 4.94. The van der Waals surface area contributed by atoms with Crippen molar-refractivity contribution in [3.8, 4) is 0 Å². The van der Waals surface area contributed by atoms with Crippen molar-refractivity contribution in [2.24, 2.45) is 0 Å². The van der Waals surface area contributed by atoms with Crippen molar-refractivity contribution in [2.45, 2.75) is 6.54 Å². The lowest BCUT2D eigenvalue weighted by atomic mass is 10.3. The van der Waals surface area contributed by atoms with Gasteiger partial charge < -0.3 is 5.32 Å². The maximum Gasteiger partial charge on any atom is 0.124 e. The van der Waals surface area contributed by atoms with Crippen LogP contribution >= 0.6 is 27.3 Å². The zero-order valence-electron chi connectivity index (χ0n) is 7.84. The highest BCUT2D eigenvalue weighted by Crippen LogP contribution is 2.24. The van der Waals surface area contributed by atoms with Gasteiger partial charge in [-0.2, -0.15) is 0 Å². The largest absolute Gasteiger partial charge is 0.379 e. The Kier molecular flexibility index (Phi) is 3.38. The molecule has 1 aromatic heterocycles. The van der Waals surface area contributed by atoms with Gasteiger partial charge in [0.15, 0.2) is 0 Å². The molecular formula is C11H9BrFNS. The van der Waals surface area contributed by atoms with Crippen LogP contribution in [-0.4, -0.2) is 0 Å². The molecule has 0 fully saturated rings. The molecule has 78 valence electrons. The Bertz CT molecular complexity index is 442. The van der Waals surface area contributed by atoms with Gasteiger partial charge in [-0.05, 0) is 45.6 Å². The van der Waals surface area contributed by atoms with Crippen LogP contribution in [0.1, 0.15) is 4.88 Å². The fraction of sp³-hybridized carbons (Fsp3) is 0.0909. The number of benzene rings is 1. The Morgan fingerprint density at radius 1 is 1.33 bits per heavy atom. The topological polar surface area (TPSA) is 12.0 Å². The third-order valence-electron chi connectivity index (χ3n) is 1.96. The van der Waals surface area contributed by atoms with E-state index in [0.29, 0.717) is 0 Å². The number of halogens is 2. The second kappa shape index (κ2) is 4.77. The summed E-state index contributed by atoms with van der Waals surface area (Å²) in [5, 5.41) is 5.28. The molecule has 1 N–H and O–H groups in total. The lowest BCUT2D eigenvalue weighted by Gasteiger charge is -2.06. The Hall–Kier alpha value is -0.870. The number of thiophene rings is 1. The molecule has 0 aliphatic carbocycles. The van der Waals surface area contributed by atoms with E-state index in [2.05, 4.69) is 27.3 Å². The zero-order valence-corrected chi connectivity index (χ0v) is 10.2. The predicted molar refractivity (Wildman–Crippen MR) is 65.7 cm³/mol. The van der Waals surface area contributed by atoms with E-state index in [9.17, 15) is 4.39 Å². The van der Waals surface area contributed by atoms with Gasteiger partial charge in [0.2, 0.25) is 0 Å². The molecule has 0 spiro atoms. The van der Waals surface area contributed by atoms with Gasteiger partial charge in [0.25, 0.3) is 0 Å². The minimum Gasteiger partial charge on any atom is -0.379 e. The first kappa shape index (κ1) is 10.6. The highest BCUT2D eigenvalue weighted by molar-refractivity contribution is 9.10. The maximum absolute atomic E-state index is 12.8. The summed E-state index contributed by atoms with van der Waals surface area (Å²) in [6.45, 7) is 0.766. The van der Waals surface area contributed by atoms with Gasteiger partial charge in [-0.15, -0.1) is 11.3 Å². The molecule has 2 aromatic rings. The molecule has 0 saturated carbocycles. The zero-order chi connectivity index (χ0) is 10.7. The van der Waals surface area contributed by atoms with E-state index in [1.54, 1.807) is 17.4 Å². The second-order valence-electron chi connectivity index (χ2n) is 3.06. The van der Waals surface area contributed by atoms with Crippen molar-refractivity contribution in [3.05, 3.63) is 50.9 Å². The van der Waals surface area contributed by atoms with E-state index in [1.807, 2.05) is 11.4 Å². The average Bonchev–Trinajstić information content (AvgIpc) is 2.69. The Balaban J connectivity index is 2.05. The average molecular weight is 286 g/mol. The number of rotatable bonds is 3. The SMILES string of the molecule is Fc1ccc(NCc2cccs2)c(Br)c1. The van der Waals surface area contributed by atoms with E-state index in [1.165, 1.54) is 17.0 Å². The van der Waals surface area contributed by atoms with E-state index >= 15 is 0 Å². The van der Waals surface area contributed by atoms with Crippen LogP contribution < -0.4 is 5.32 Å². The molecule has 0 bridgehead atoms. The third-order valence-corrected chi connectivity index (χ3v) is 3.50. The van der Waals surface area contributed by atoms with Crippen LogP contribution in [-0.2, 0) is 6.54 Å². The van der Waals surface area contributed by atoms with E-state index in [0.717, 1.165) is 16.7 Å². The van der Waals surface area contributed by atoms with Gasteiger partial charge in [-0.1, -0.05) is 6.07 Å². The lowest BCUT2D eigenvalue weighted by Crippen LogP contribution is -1.98. The van der Waals surface area contributed by atoms with Crippen molar-refractivity contribution in [1.29, 1.82) is 0 Å². The van der Waals surface area contributed by atoms with Crippen LogP contribution in [0.2, 0.25) is 0 Å². The van der Waals surface area contributed by atoms with E-state index in [4.69, 9.17) is 0 Å². The molecule has 1 heterocycles. The van der Waals surface area contributed by atoms with E-state index in [-0.39, 0.29) is 5.82 Å². The van der Waals surface area contributed by atoms with Crippen LogP contribution in [0, 0.1) is 5.82 Å². The molecule has 0 amide bonds. The van der Waals surface area contributed by atoms with Crippen LogP contribution in [0.15, 0.2) is 40.2 Å². The van der Waals surface area contributed by atoms with Gasteiger partial charge in [0, 0.05) is 21.6 Å². The van der Waals surface area contributed by atoms with Crippen molar-refractivity contribution in [2.75, 3.05) is 5.32 Å². The van der Waals surface area contributed by atoms with Crippen LogP contribution in [0.25, 0.3) is 0 Å². The molecule has 2 rings (SSSR count). The molecule has 0 radical (unpaired) electrons. The van der Waals surface area contributed by atoms with Gasteiger partial charge in [0.05, 0.1) is 0 Å². The van der Waals surface area contributed by atoms with Gasteiger partial charge >= 0.3 is 0 Å². The summed E-state index contributed by atoms with van der Waals surface area (Å²) in [6, 6.07) is 8.71. The quantitative estimate of drug-likeness (QED) is 0.888. The number of hydrogen-bond donors (Lipinski definition) is 1. The smallest absolute Gasteiger partial charge is 0.124 e. The molecule has 0 aliphatic rings. The fourth-order valence-electron chi connectivity index (χ4n) is 1.23. The molecule has 4 heteroatoms. The van der Waals surface area contributed by atoms with Gasteiger partial charge in [-0.25, -0.2) is 4.39 Å². The first-order valence-corrected chi connectivity index (χ1v) is 6.14. The third kappa shape index (κ3) is 2.79. The molecular weight excluding hydrogens is 277 g/mol. The standard InChI is InChI=1S/C11H9BrFNS/c12-10-6-8(13)3-4-11(10)14-7-9-2-1-5-15-9/h1-6,14H,7H2. The summed E-state index contributed by atoms with van der Waals surface area (Å²) in [7, 11) is 0. The summed E-state index contributed by atoms with van der Waals surface area (Å²) < 4.78 is 13.6. The summed E-state index contributed by atoms with van der Waals surface area (Å²) in [6.07, 6.45) is 0. The van der Waals surface area contributed by atoms with Crippen LogP contribution in [0.3, 0.4) is 0 Å². The predicted octanol–water partition coefficient (Wildman–Crippen LogP) is 4.26. The summed E-state index contributed by atoms with van der Waals surface area (Å²) in [4.78, 5) is 1.26. The van der Waals surface area contributed by atoms with Gasteiger partial charge in [-0.3, -0.25) is 0 Å². The molecule has 0 aliphatic heterocycles. The van der Waals surface area contributed by atoms with Crippen molar-refractivity contribution in [3.63, 3.8) is 0 Å². The highest BCUT2D eigenvalue weighted by Gasteiger charge is 2.01. The lowest BCUT2D eigenvalue weighted by molar-refractivity contribution is 0.627. The Labute approximate surface area is 100 Å². The van der Waals surface area contributed by atoms with Gasteiger partial charge in [0.1, 0.15) is 5.82 Å². The Morgan fingerprint density at radius 3 is 2.87 bits per heavy atom. The summed E-state index contributed by atoms with van der Waals surface area (Å²) in [5.41, 5.74) is 0.907. The van der Waals surface area contributed by atoms with Crippen molar-refractivity contribution >= 4 is 33.0 Å². The normalized spacial score (nSPS) is 10.3. The summed E-state index contributed by atoms with van der Waals surface area (Å²) in [5.74, 6) is -0.233. The minimum atomic E-state index is -0.233. The summed E-state index contributed by atoms with van der Waals surface area (Å²) >= 11 is 5.01. The van der Waals surface area contributed by atoms with Crippen LogP contribution in [0.5, 0.6) is 0 Å². The number of nitrogens with one attached hydrogen (secondary N) is 1. The van der Waals surface area contributed by atoms with Crippen molar-refractivity contribution < 1.29 is 4.39 Å². The maximum atomic E-state index is 12.8. The van der Waals surface area contributed by atoms with Crippen molar-refractivity contribution in [1.82, 2.24) is 0 Å². The monoisotopic (exact) mass is 285 g/mol.